The van der Waals surface area contributed by atoms with Crippen molar-refractivity contribution in [3.8, 4) is 11.5 Å². The Morgan fingerprint density at radius 3 is 2.44 bits per heavy atom. The van der Waals surface area contributed by atoms with E-state index in [9.17, 15) is 21.6 Å². The second-order valence-electron chi connectivity index (χ2n) is 2.51. The van der Waals surface area contributed by atoms with Crippen molar-refractivity contribution >= 4 is 10.1 Å². The van der Waals surface area contributed by atoms with Gasteiger partial charge in [0.1, 0.15) is 0 Å². The molecule has 9 heteroatoms. The number of rotatable bonds is 3. The van der Waals surface area contributed by atoms with Crippen LogP contribution in [0.3, 0.4) is 0 Å². The van der Waals surface area contributed by atoms with Crippen molar-refractivity contribution in [3.05, 3.63) is 18.5 Å². The number of hydrogen-bond acceptors (Lipinski definition) is 5. The first-order valence-corrected chi connectivity index (χ1v) is 5.17. The molecule has 1 rings (SSSR count). The van der Waals surface area contributed by atoms with Gasteiger partial charge in [0, 0.05) is 12.3 Å². The Morgan fingerprint density at radius 1 is 1.31 bits per heavy atom. The maximum atomic E-state index is 12.0. The highest BCUT2D eigenvalue weighted by atomic mass is 32.2. The zero-order valence-electron chi connectivity index (χ0n) is 7.85. The van der Waals surface area contributed by atoms with Gasteiger partial charge in [0.15, 0.2) is 11.5 Å². The largest absolute Gasteiger partial charge is 0.534 e. The molecule has 0 aliphatic heterocycles. The molecule has 0 aliphatic carbocycles. The molecule has 5 nitrogen and oxygen atoms in total. The van der Waals surface area contributed by atoms with Crippen LogP contribution in [0.2, 0.25) is 0 Å². The fourth-order valence-corrected chi connectivity index (χ4v) is 1.22. The molecule has 0 spiro atoms. The lowest BCUT2D eigenvalue weighted by Crippen LogP contribution is -2.28. The van der Waals surface area contributed by atoms with Crippen LogP contribution in [0, 0.1) is 0 Å². The molecule has 1 aromatic heterocycles. The van der Waals surface area contributed by atoms with Crippen LogP contribution >= 0.6 is 0 Å². The fraction of sp³-hybridized carbons (Fsp3) is 0.286. The Bertz CT molecular complexity index is 471. The molecule has 0 saturated heterocycles. The van der Waals surface area contributed by atoms with Crippen molar-refractivity contribution < 1.29 is 30.5 Å². The average molecular weight is 257 g/mol. The summed E-state index contributed by atoms with van der Waals surface area (Å²) in [5.74, 6) is -0.787. The molecule has 0 bridgehead atoms. The number of nitrogens with zero attached hydrogens (tertiary/aromatic N) is 1. The van der Waals surface area contributed by atoms with Crippen LogP contribution in [0.4, 0.5) is 13.2 Å². The summed E-state index contributed by atoms with van der Waals surface area (Å²) in [6, 6.07) is 0.947. The molecule has 0 atom stereocenters. The molecule has 16 heavy (non-hydrogen) atoms. The van der Waals surface area contributed by atoms with Gasteiger partial charge in [0.05, 0.1) is 13.3 Å². The number of hydrogen-bond donors (Lipinski definition) is 0. The predicted octanol–water partition coefficient (Wildman–Crippen LogP) is 1.32. The zero-order valence-corrected chi connectivity index (χ0v) is 8.67. The normalized spacial score (nSPS) is 12.2. The van der Waals surface area contributed by atoms with Gasteiger partial charge in [0.2, 0.25) is 0 Å². The first-order chi connectivity index (χ1) is 7.28. The van der Waals surface area contributed by atoms with E-state index < -0.39 is 21.4 Å². The van der Waals surface area contributed by atoms with Crippen LogP contribution in [0.1, 0.15) is 0 Å². The lowest BCUT2D eigenvalue weighted by atomic mass is 10.4. The molecule has 0 N–H and O–H groups in total. The third kappa shape index (κ3) is 2.54. The molecule has 0 saturated carbocycles. The molecule has 1 heterocycles. The van der Waals surface area contributed by atoms with Gasteiger partial charge in [0.25, 0.3) is 0 Å². The van der Waals surface area contributed by atoms with Gasteiger partial charge in [-0.1, -0.05) is 0 Å². The van der Waals surface area contributed by atoms with Gasteiger partial charge in [-0.3, -0.25) is 4.98 Å². The third-order valence-corrected chi connectivity index (χ3v) is 2.42. The predicted molar refractivity (Wildman–Crippen MR) is 46.4 cm³/mol. The SMILES string of the molecule is COc1cnccc1OS(=O)(=O)C(F)(F)F. The van der Waals surface area contributed by atoms with Crippen molar-refractivity contribution in [2.45, 2.75) is 5.51 Å². The van der Waals surface area contributed by atoms with E-state index in [2.05, 4.69) is 13.9 Å². The van der Waals surface area contributed by atoms with E-state index >= 15 is 0 Å². The highest BCUT2D eigenvalue weighted by Crippen LogP contribution is 2.31. The summed E-state index contributed by atoms with van der Waals surface area (Å²) >= 11 is 0. The molecular weight excluding hydrogens is 251 g/mol. The molecule has 90 valence electrons. The third-order valence-electron chi connectivity index (χ3n) is 1.45. The van der Waals surface area contributed by atoms with Crippen molar-refractivity contribution in [2.75, 3.05) is 7.11 Å². The molecule has 0 fully saturated rings. The first-order valence-electron chi connectivity index (χ1n) is 3.76. The van der Waals surface area contributed by atoms with Crippen LogP contribution in [0.5, 0.6) is 11.5 Å². The quantitative estimate of drug-likeness (QED) is 0.603. The van der Waals surface area contributed by atoms with Gasteiger partial charge >= 0.3 is 15.6 Å². The number of alkyl halides is 3. The van der Waals surface area contributed by atoms with Crippen LogP contribution in [0.25, 0.3) is 0 Å². The molecule has 0 aliphatic rings. The van der Waals surface area contributed by atoms with Crippen molar-refractivity contribution in [1.29, 1.82) is 0 Å². The lowest BCUT2D eigenvalue weighted by molar-refractivity contribution is -0.0500. The molecule has 0 amide bonds. The number of ether oxygens (including phenoxy) is 1. The zero-order chi connectivity index (χ0) is 12.4. The van der Waals surface area contributed by atoms with Gasteiger partial charge < -0.3 is 8.92 Å². The van der Waals surface area contributed by atoms with E-state index in [0.29, 0.717) is 0 Å². The summed E-state index contributed by atoms with van der Waals surface area (Å²) < 4.78 is 65.7. The molecule has 0 radical (unpaired) electrons. The summed E-state index contributed by atoms with van der Waals surface area (Å²) in [5.41, 5.74) is -5.48. The number of methoxy groups -OCH3 is 1. The maximum Gasteiger partial charge on any atom is 0.534 e. The highest BCUT2D eigenvalue weighted by molar-refractivity contribution is 7.88. The number of aromatic nitrogens is 1. The van der Waals surface area contributed by atoms with Crippen LogP contribution in [-0.2, 0) is 10.1 Å². The van der Waals surface area contributed by atoms with Crippen molar-refractivity contribution in [1.82, 2.24) is 4.98 Å². The van der Waals surface area contributed by atoms with Gasteiger partial charge in [-0.25, -0.2) is 0 Å². The monoisotopic (exact) mass is 257 g/mol. The fourth-order valence-electron chi connectivity index (χ4n) is 0.755. The maximum absolute atomic E-state index is 12.0. The Kier molecular flexibility index (Phi) is 3.27. The number of halogens is 3. The molecule has 0 unspecified atom stereocenters. The Labute approximate surface area is 88.9 Å². The summed E-state index contributed by atoms with van der Waals surface area (Å²) in [6.45, 7) is 0. The second-order valence-corrected chi connectivity index (χ2v) is 4.05. The minimum atomic E-state index is -5.69. The van der Waals surface area contributed by atoms with E-state index in [0.717, 1.165) is 25.6 Å². The molecule has 1 aromatic rings. The van der Waals surface area contributed by atoms with Crippen LogP contribution in [0.15, 0.2) is 18.5 Å². The summed E-state index contributed by atoms with van der Waals surface area (Å²) in [4.78, 5) is 3.53. The summed E-state index contributed by atoms with van der Waals surface area (Å²) in [7, 11) is -4.55. The Hall–Kier alpha value is -1.51. The Morgan fingerprint density at radius 2 is 1.94 bits per heavy atom. The summed E-state index contributed by atoms with van der Waals surface area (Å²) in [6.07, 6.45) is 2.10. The van der Waals surface area contributed by atoms with Crippen molar-refractivity contribution in [3.63, 3.8) is 0 Å². The van der Waals surface area contributed by atoms with Crippen LogP contribution in [-0.4, -0.2) is 26.0 Å². The van der Waals surface area contributed by atoms with Gasteiger partial charge in [-0.15, -0.1) is 0 Å². The topological polar surface area (TPSA) is 65.5 Å². The lowest BCUT2D eigenvalue weighted by Gasteiger charge is -2.11. The van der Waals surface area contributed by atoms with Crippen molar-refractivity contribution in [2.24, 2.45) is 0 Å². The molecular formula is C7H6F3NO4S. The molecule has 0 aromatic carbocycles. The minimum absolute atomic E-state index is 0.213. The van der Waals surface area contributed by atoms with Gasteiger partial charge in [-0.05, 0) is 0 Å². The van der Waals surface area contributed by atoms with E-state index in [1.807, 2.05) is 0 Å². The van der Waals surface area contributed by atoms with E-state index in [1.165, 1.54) is 0 Å². The van der Waals surface area contributed by atoms with E-state index in [4.69, 9.17) is 0 Å². The smallest absolute Gasteiger partial charge is 0.491 e. The second kappa shape index (κ2) is 4.16. The Balaban J connectivity index is 3.06. The standard InChI is InChI=1S/C7H6F3NO4S/c1-14-6-4-11-3-2-5(6)15-16(12,13)7(8,9)10/h2-4H,1H3. The first kappa shape index (κ1) is 12.6. The number of pyridine rings is 1. The van der Waals surface area contributed by atoms with Crippen LogP contribution < -0.4 is 8.92 Å². The van der Waals surface area contributed by atoms with E-state index in [-0.39, 0.29) is 5.75 Å². The minimum Gasteiger partial charge on any atom is -0.491 e. The van der Waals surface area contributed by atoms with Gasteiger partial charge in [-0.2, -0.15) is 21.6 Å². The average Bonchev–Trinajstić information content (AvgIpc) is 2.16. The highest BCUT2D eigenvalue weighted by Gasteiger charge is 2.48. The van der Waals surface area contributed by atoms with E-state index in [1.54, 1.807) is 0 Å². The summed E-state index contributed by atoms with van der Waals surface area (Å²) in [5, 5.41) is 0.